The van der Waals surface area contributed by atoms with Crippen molar-refractivity contribution in [3.63, 3.8) is 0 Å². The third kappa shape index (κ3) is 4.16. The van der Waals surface area contributed by atoms with Crippen molar-refractivity contribution in [2.24, 2.45) is 16.7 Å². The zero-order valence-corrected chi connectivity index (χ0v) is 20.2. The molecule has 2 aromatic carbocycles. The predicted octanol–water partition coefficient (Wildman–Crippen LogP) is 4.25. The second-order valence-corrected chi connectivity index (χ2v) is 10.7. The summed E-state index contributed by atoms with van der Waals surface area (Å²) < 4.78 is 6.29. The molecule has 1 aliphatic carbocycles. The number of aliphatic hydroxyl groups excluding tert-OH is 1. The van der Waals surface area contributed by atoms with Crippen molar-refractivity contribution in [2.75, 3.05) is 24.6 Å². The summed E-state index contributed by atoms with van der Waals surface area (Å²) in [7, 11) is 0. The van der Waals surface area contributed by atoms with Crippen LogP contribution in [0.2, 0.25) is 5.02 Å². The predicted molar refractivity (Wildman–Crippen MR) is 129 cm³/mol. The highest BCUT2D eigenvalue weighted by Crippen LogP contribution is 2.55. The molecular formula is C26H30ClN3O3. The number of carbonyl (C=O) groups excluding carboxylic acids is 1. The second-order valence-electron chi connectivity index (χ2n) is 10.3. The Morgan fingerprint density at radius 3 is 2.36 bits per heavy atom. The Kier molecular flexibility index (Phi) is 6.07. The van der Waals surface area contributed by atoms with E-state index in [-0.39, 0.29) is 35.5 Å². The summed E-state index contributed by atoms with van der Waals surface area (Å²) in [5.41, 5.74) is 1.48. The van der Waals surface area contributed by atoms with Crippen LogP contribution in [-0.4, -0.2) is 42.9 Å². The van der Waals surface area contributed by atoms with Gasteiger partial charge in [0.2, 0.25) is 0 Å². The number of anilines is 1. The summed E-state index contributed by atoms with van der Waals surface area (Å²) in [5, 5.41) is 21.9. The smallest absolute Gasteiger partial charge is 0.251 e. The van der Waals surface area contributed by atoms with Crippen LogP contribution >= 0.6 is 11.6 Å². The lowest BCUT2D eigenvalue weighted by Gasteiger charge is -2.63. The molecule has 33 heavy (non-hydrogen) atoms. The number of nitriles is 1. The fourth-order valence-electron chi connectivity index (χ4n) is 5.53. The highest BCUT2D eigenvalue weighted by molar-refractivity contribution is 6.31. The summed E-state index contributed by atoms with van der Waals surface area (Å²) in [5.74, 6) is 0.843. The van der Waals surface area contributed by atoms with E-state index >= 15 is 0 Å². The minimum Gasteiger partial charge on any atom is -0.489 e. The fraction of sp³-hybridized carbons (Fsp3) is 0.462. The first-order chi connectivity index (χ1) is 15.6. The molecule has 2 aromatic rings. The van der Waals surface area contributed by atoms with Crippen molar-refractivity contribution in [3.05, 3.63) is 58.6 Å². The average molecular weight is 468 g/mol. The van der Waals surface area contributed by atoms with Gasteiger partial charge in [0, 0.05) is 59.8 Å². The van der Waals surface area contributed by atoms with Crippen LogP contribution in [0.1, 0.15) is 43.6 Å². The molecule has 0 radical (unpaired) electrons. The maximum absolute atomic E-state index is 13.0. The molecular weight excluding hydrogens is 438 g/mol. The van der Waals surface area contributed by atoms with Crippen molar-refractivity contribution < 1.29 is 14.6 Å². The molecule has 1 amide bonds. The van der Waals surface area contributed by atoms with Crippen LogP contribution in [-0.2, 0) is 0 Å². The molecule has 1 heterocycles. The van der Waals surface area contributed by atoms with E-state index < -0.39 is 0 Å². The van der Waals surface area contributed by atoms with E-state index in [2.05, 4.69) is 44.0 Å². The number of rotatable bonds is 6. The lowest BCUT2D eigenvalue weighted by Crippen LogP contribution is -2.74. The average Bonchev–Trinajstić information content (AvgIpc) is 2.75. The Bertz CT molecular complexity index is 1070. The van der Waals surface area contributed by atoms with E-state index in [1.54, 1.807) is 18.2 Å². The molecule has 0 atom stereocenters. The number of aliphatic hydroxyl groups is 1. The number of ether oxygens (including phenoxy) is 1. The number of halogens is 1. The molecule has 7 heteroatoms. The van der Waals surface area contributed by atoms with Crippen LogP contribution in [0.3, 0.4) is 0 Å². The zero-order chi connectivity index (χ0) is 24.0. The third-order valence-corrected chi connectivity index (χ3v) is 7.45. The monoisotopic (exact) mass is 467 g/mol. The van der Waals surface area contributed by atoms with Crippen molar-refractivity contribution in [1.29, 1.82) is 5.26 Å². The SMILES string of the molecule is CC1(C)C(NC(=O)c2ccc(N3CC(CO)C3)cc2)C(C)(C)C1Oc1ccc(C#N)c(Cl)c1. The highest BCUT2D eigenvalue weighted by atomic mass is 35.5. The van der Waals surface area contributed by atoms with Gasteiger partial charge in [0.1, 0.15) is 17.9 Å². The van der Waals surface area contributed by atoms with Crippen LogP contribution in [0.25, 0.3) is 0 Å². The van der Waals surface area contributed by atoms with Crippen LogP contribution < -0.4 is 15.0 Å². The van der Waals surface area contributed by atoms with E-state index in [4.69, 9.17) is 21.6 Å². The Balaban J connectivity index is 1.42. The molecule has 0 aromatic heterocycles. The summed E-state index contributed by atoms with van der Waals surface area (Å²) in [6.45, 7) is 10.3. The van der Waals surface area contributed by atoms with Gasteiger partial charge in [-0.05, 0) is 36.4 Å². The summed E-state index contributed by atoms with van der Waals surface area (Å²) in [6.07, 6.45) is -0.146. The van der Waals surface area contributed by atoms with Gasteiger partial charge in [0.25, 0.3) is 5.91 Å². The lowest BCUT2D eigenvalue weighted by atomic mass is 9.49. The Morgan fingerprint density at radius 1 is 1.18 bits per heavy atom. The van der Waals surface area contributed by atoms with Crippen molar-refractivity contribution in [3.8, 4) is 11.8 Å². The number of carbonyl (C=O) groups is 1. The van der Waals surface area contributed by atoms with E-state index in [0.29, 0.717) is 27.8 Å². The van der Waals surface area contributed by atoms with E-state index in [0.717, 1.165) is 18.8 Å². The molecule has 174 valence electrons. The fourth-order valence-corrected chi connectivity index (χ4v) is 5.74. The van der Waals surface area contributed by atoms with Crippen molar-refractivity contribution in [2.45, 2.75) is 39.8 Å². The maximum atomic E-state index is 13.0. The van der Waals surface area contributed by atoms with Gasteiger partial charge in [-0.3, -0.25) is 4.79 Å². The topological polar surface area (TPSA) is 85.6 Å². The lowest BCUT2D eigenvalue weighted by molar-refractivity contribution is -0.164. The number of benzene rings is 2. The molecule has 2 fully saturated rings. The minimum absolute atomic E-state index is 0.0864. The Labute approximate surface area is 200 Å². The van der Waals surface area contributed by atoms with Crippen LogP contribution in [0, 0.1) is 28.1 Å². The summed E-state index contributed by atoms with van der Waals surface area (Å²) in [6, 6.07) is 14.7. The van der Waals surface area contributed by atoms with E-state index in [1.165, 1.54) is 0 Å². The first-order valence-electron chi connectivity index (χ1n) is 11.2. The Morgan fingerprint density at radius 2 is 1.82 bits per heavy atom. The first-order valence-corrected chi connectivity index (χ1v) is 11.6. The molecule has 1 saturated heterocycles. The molecule has 2 N–H and O–H groups in total. The van der Waals surface area contributed by atoms with Gasteiger partial charge < -0.3 is 20.1 Å². The van der Waals surface area contributed by atoms with E-state index in [9.17, 15) is 9.90 Å². The van der Waals surface area contributed by atoms with Crippen LogP contribution in [0.5, 0.6) is 5.75 Å². The standard InChI is InChI=1S/C26H30ClN3O3/c1-25(2)23(26(3,4)24(25)33-20-10-7-18(12-28)21(27)11-20)29-22(32)17-5-8-19(9-6-17)30-13-16(14-30)15-31/h5-11,16,23-24,31H,13-15H2,1-4H3,(H,29,32). The van der Waals surface area contributed by atoms with Gasteiger partial charge in [-0.2, -0.15) is 5.26 Å². The number of nitrogens with zero attached hydrogens (tertiary/aromatic N) is 2. The number of hydrogen-bond acceptors (Lipinski definition) is 5. The normalized spacial score (nSPS) is 23.1. The molecule has 2 aliphatic rings. The van der Waals surface area contributed by atoms with Gasteiger partial charge in [0.05, 0.1) is 10.6 Å². The van der Waals surface area contributed by atoms with Gasteiger partial charge >= 0.3 is 0 Å². The number of nitrogens with one attached hydrogen (secondary N) is 1. The van der Waals surface area contributed by atoms with Gasteiger partial charge in [-0.25, -0.2) is 0 Å². The molecule has 4 rings (SSSR count). The molecule has 0 spiro atoms. The first kappa shape index (κ1) is 23.4. The largest absolute Gasteiger partial charge is 0.489 e. The highest BCUT2D eigenvalue weighted by Gasteiger charge is 2.64. The van der Waals surface area contributed by atoms with Crippen molar-refractivity contribution >= 4 is 23.2 Å². The van der Waals surface area contributed by atoms with Crippen molar-refractivity contribution in [1.82, 2.24) is 5.32 Å². The molecule has 6 nitrogen and oxygen atoms in total. The molecule has 1 saturated carbocycles. The maximum Gasteiger partial charge on any atom is 0.251 e. The van der Waals surface area contributed by atoms with Gasteiger partial charge in [-0.1, -0.05) is 39.3 Å². The minimum atomic E-state index is -0.309. The van der Waals surface area contributed by atoms with Gasteiger partial charge in [-0.15, -0.1) is 0 Å². The van der Waals surface area contributed by atoms with Gasteiger partial charge in [0.15, 0.2) is 0 Å². The number of amides is 1. The summed E-state index contributed by atoms with van der Waals surface area (Å²) in [4.78, 5) is 15.2. The zero-order valence-electron chi connectivity index (χ0n) is 19.4. The van der Waals surface area contributed by atoms with Crippen LogP contribution in [0.15, 0.2) is 42.5 Å². The van der Waals surface area contributed by atoms with Crippen LogP contribution in [0.4, 0.5) is 5.69 Å². The molecule has 0 unspecified atom stereocenters. The second kappa shape index (κ2) is 8.55. The molecule has 1 aliphatic heterocycles. The third-order valence-electron chi connectivity index (χ3n) is 7.14. The summed E-state index contributed by atoms with van der Waals surface area (Å²) >= 11 is 6.17. The quantitative estimate of drug-likeness (QED) is 0.663. The number of hydrogen-bond donors (Lipinski definition) is 2. The van der Waals surface area contributed by atoms with E-state index in [1.807, 2.05) is 24.3 Å². The molecule has 0 bridgehead atoms. The Hall–Kier alpha value is -2.75.